The number of nitrogens with two attached hydrogens (primary N) is 2. The Morgan fingerprint density at radius 1 is 1.03 bits per heavy atom. The van der Waals surface area contributed by atoms with Crippen LogP contribution < -0.4 is 16.2 Å². The monoisotopic (exact) mass is 444 g/mol. The number of hydroxylamine groups is 2. The molecule has 2 saturated carbocycles. The number of carbonyl (C=O) groups excluding carboxylic acids is 2. The molecule has 4 N–H and O–H groups in total. The number of hydrogen-bond acceptors (Lipinski definition) is 5. The van der Waals surface area contributed by atoms with Crippen LogP contribution in [0.4, 0.5) is 9.59 Å². The zero-order chi connectivity index (χ0) is 21.7. The van der Waals surface area contributed by atoms with Crippen molar-refractivity contribution >= 4 is 23.8 Å². The molecule has 31 heavy (non-hydrogen) atoms. The van der Waals surface area contributed by atoms with Crippen molar-refractivity contribution in [3.63, 3.8) is 0 Å². The Balaban J connectivity index is 1.69. The van der Waals surface area contributed by atoms with Gasteiger partial charge in [-0.3, -0.25) is 0 Å². The van der Waals surface area contributed by atoms with Gasteiger partial charge in [0.25, 0.3) is 0 Å². The van der Waals surface area contributed by atoms with Gasteiger partial charge in [-0.1, -0.05) is 48.4 Å². The lowest BCUT2D eigenvalue weighted by molar-refractivity contribution is -0.161. The summed E-state index contributed by atoms with van der Waals surface area (Å²) < 4.78 is 7.54. The maximum Gasteiger partial charge on any atom is 0.423 e. The lowest BCUT2D eigenvalue weighted by Crippen LogP contribution is -2.45. The van der Waals surface area contributed by atoms with E-state index >= 15 is 0 Å². The molecular formula is C22H25ClN4O4. The first kappa shape index (κ1) is 20.2. The molecule has 0 spiro atoms. The summed E-state index contributed by atoms with van der Waals surface area (Å²) in [7, 11) is 0. The van der Waals surface area contributed by atoms with Crippen molar-refractivity contribution in [1.82, 2.24) is 9.63 Å². The van der Waals surface area contributed by atoms with Crippen LogP contribution in [0.25, 0.3) is 11.1 Å². The van der Waals surface area contributed by atoms with Crippen LogP contribution in [0.2, 0.25) is 5.15 Å². The summed E-state index contributed by atoms with van der Waals surface area (Å²) in [5.41, 5.74) is 13.0. The van der Waals surface area contributed by atoms with Crippen LogP contribution in [0.1, 0.15) is 37.4 Å². The van der Waals surface area contributed by atoms with E-state index in [1.807, 2.05) is 34.9 Å². The molecule has 2 bridgehead atoms. The molecule has 9 heteroatoms. The predicted molar refractivity (Wildman–Crippen MR) is 114 cm³/mol. The second-order valence-electron chi connectivity index (χ2n) is 8.65. The molecule has 2 amide bonds. The number of nitrogens with zero attached hydrogens (tertiary/aromatic N) is 2. The molecule has 164 valence electrons. The third-order valence-electron chi connectivity index (χ3n) is 7.00. The van der Waals surface area contributed by atoms with Crippen LogP contribution in [0.15, 0.2) is 30.3 Å². The Hall–Kier alpha value is -2.71. The molecule has 1 aliphatic heterocycles. The van der Waals surface area contributed by atoms with E-state index in [9.17, 15) is 9.59 Å². The molecular weight excluding hydrogens is 420 g/mol. The first-order chi connectivity index (χ1) is 14.9. The highest BCUT2D eigenvalue weighted by atomic mass is 35.5. The topological polar surface area (TPSA) is 113 Å². The summed E-state index contributed by atoms with van der Waals surface area (Å²) in [5.74, 6) is 1.74. The number of amides is 2. The van der Waals surface area contributed by atoms with Gasteiger partial charge in [0.1, 0.15) is 5.15 Å². The minimum absolute atomic E-state index is 0.238. The average molecular weight is 445 g/mol. The third-order valence-corrected chi connectivity index (χ3v) is 7.39. The minimum atomic E-state index is -0.915. The van der Waals surface area contributed by atoms with Crippen LogP contribution >= 0.6 is 11.6 Å². The van der Waals surface area contributed by atoms with Crippen LogP contribution in [-0.4, -0.2) is 28.4 Å². The van der Waals surface area contributed by atoms with Crippen LogP contribution in [0.5, 0.6) is 5.75 Å². The fraction of sp³-hybridized carbons (Fsp3) is 0.455. The highest BCUT2D eigenvalue weighted by molar-refractivity contribution is 6.33. The smallest absolute Gasteiger partial charge is 0.408 e. The number of ether oxygens (including phenoxy) is 1. The number of fused-ring (bicyclic) bond motifs is 3. The van der Waals surface area contributed by atoms with Gasteiger partial charge < -0.3 is 25.6 Å². The Labute approximate surface area is 185 Å². The maximum atomic E-state index is 11.9. The molecule has 4 unspecified atom stereocenters. The van der Waals surface area contributed by atoms with Crippen molar-refractivity contribution in [3.05, 3.63) is 41.2 Å². The lowest BCUT2D eigenvalue weighted by Gasteiger charge is -2.41. The van der Waals surface area contributed by atoms with Gasteiger partial charge in [-0.2, -0.15) is 0 Å². The molecule has 4 atom stereocenters. The van der Waals surface area contributed by atoms with E-state index in [0.29, 0.717) is 47.1 Å². The fourth-order valence-corrected chi connectivity index (χ4v) is 6.32. The lowest BCUT2D eigenvalue weighted by atomic mass is 9.81. The Morgan fingerprint density at radius 3 is 2.42 bits per heavy atom. The molecule has 8 nitrogen and oxygen atoms in total. The van der Waals surface area contributed by atoms with Gasteiger partial charge >= 0.3 is 12.2 Å². The molecule has 1 aromatic carbocycles. The van der Waals surface area contributed by atoms with E-state index in [2.05, 4.69) is 0 Å². The summed E-state index contributed by atoms with van der Waals surface area (Å²) in [6.45, 7) is 0.897. The molecule has 2 aliphatic carbocycles. The van der Waals surface area contributed by atoms with Gasteiger partial charge in [0.2, 0.25) is 0 Å². The number of rotatable bonds is 4. The summed E-state index contributed by atoms with van der Waals surface area (Å²) in [5, 5.41) is 2.12. The molecule has 5 rings (SSSR count). The maximum absolute atomic E-state index is 11.9. The summed E-state index contributed by atoms with van der Waals surface area (Å²) in [6.07, 6.45) is 2.78. The van der Waals surface area contributed by atoms with Gasteiger partial charge in [-0.15, -0.1) is 5.06 Å². The molecule has 0 saturated heterocycles. The van der Waals surface area contributed by atoms with Gasteiger partial charge in [0.05, 0.1) is 23.8 Å². The predicted octanol–water partition coefficient (Wildman–Crippen LogP) is 4.07. The number of aromatic nitrogens is 1. The fourth-order valence-electron chi connectivity index (χ4n) is 5.95. The van der Waals surface area contributed by atoms with Crippen molar-refractivity contribution in [2.45, 2.75) is 38.3 Å². The van der Waals surface area contributed by atoms with Gasteiger partial charge in [-0.25, -0.2) is 9.59 Å². The number of hydrogen-bond donors (Lipinski definition) is 2. The standard InChI is InChI=1S/C22H25ClN4O4/c23-20-16(13-4-2-1-3-5-13)19(30-21(24)28)18-17(15-11-12-6-7-14(15)10-12)27(31-22(25)29)9-8-26(18)20/h1-5,12,14-15,17H,6-11H2,(H2,24,28)(H2,25,29). The SMILES string of the molecule is NC(=O)Oc1c(-c2ccccc2)c(Cl)n2c1C(C1CC3CCC1C3)N(OC(N)=O)CC2. The zero-order valence-electron chi connectivity index (χ0n) is 17.0. The van der Waals surface area contributed by atoms with E-state index < -0.39 is 12.2 Å². The molecule has 3 aliphatic rings. The molecule has 2 aromatic rings. The quantitative estimate of drug-likeness (QED) is 0.737. The van der Waals surface area contributed by atoms with Crippen molar-refractivity contribution in [2.75, 3.05) is 6.54 Å². The Kier molecular flexibility index (Phi) is 5.06. The normalized spacial score (nSPS) is 27.1. The summed E-state index contributed by atoms with van der Waals surface area (Å²) in [4.78, 5) is 29.0. The van der Waals surface area contributed by atoms with E-state index in [-0.39, 0.29) is 12.0 Å². The average Bonchev–Trinajstić information content (AvgIpc) is 3.42. The minimum Gasteiger partial charge on any atom is -0.408 e. The van der Waals surface area contributed by atoms with Crippen LogP contribution in [0, 0.1) is 17.8 Å². The number of halogens is 1. The second kappa shape index (κ2) is 7.76. The summed E-state index contributed by atoms with van der Waals surface area (Å²) >= 11 is 6.85. The van der Waals surface area contributed by atoms with Gasteiger partial charge in [0, 0.05) is 6.54 Å². The zero-order valence-corrected chi connectivity index (χ0v) is 17.8. The summed E-state index contributed by atoms with van der Waals surface area (Å²) in [6, 6.07) is 9.19. The first-order valence-corrected chi connectivity index (χ1v) is 11.0. The van der Waals surface area contributed by atoms with Crippen LogP contribution in [-0.2, 0) is 11.4 Å². The van der Waals surface area contributed by atoms with Crippen molar-refractivity contribution in [1.29, 1.82) is 0 Å². The van der Waals surface area contributed by atoms with Crippen molar-refractivity contribution < 1.29 is 19.2 Å². The molecule has 2 heterocycles. The van der Waals surface area contributed by atoms with E-state index in [0.717, 1.165) is 24.8 Å². The van der Waals surface area contributed by atoms with Gasteiger partial charge in [-0.05, 0) is 42.6 Å². The second-order valence-corrected chi connectivity index (χ2v) is 9.01. The number of benzene rings is 1. The Morgan fingerprint density at radius 2 is 1.81 bits per heavy atom. The van der Waals surface area contributed by atoms with Crippen molar-refractivity contribution in [2.24, 2.45) is 29.2 Å². The molecule has 1 aromatic heterocycles. The molecule has 2 fully saturated rings. The van der Waals surface area contributed by atoms with E-state index in [1.54, 1.807) is 5.06 Å². The highest BCUT2D eigenvalue weighted by Crippen LogP contribution is 2.57. The third kappa shape index (κ3) is 3.43. The van der Waals surface area contributed by atoms with Crippen molar-refractivity contribution in [3.8, 4) is 16.9 Å². The van der Waals surface area contributed by atoms with Gasteiger partial charge in [0.15, 0.2) is 5.75 Å². The largest absolute Gasteiger partial charge is 0.423 e. The van der Waals surface area contributed by atoms with Crippen LogP contribution in [0.3, 0.4) is 0 Å². The van der Waals surface area contributed by atoms with E-state index in [1.165, 1.54) is 6.42 Å². The number of primary amides is 2. The number of carbonyl (C=O) groups is 2. The molecule has 0 radical (unpaired) electrons. The van der Waals surface area contributed by atoms with E-state index in [4.69, 9.17) is 32.6 Å². The Bertz CT molecular complexity index is 1020. The first-order valence-electron chi connectivity index (χ1n) is 10.6. The highest BCUT2D eigenvalue weighted by Gasteiger charge is 2.50.